The van der Waals surface area contributed by atoms with E-state index in [1.165, 1.54) is 19.2 Å². The lowest BCUT2D eigenvalue weighted by molar-refractivity contribution is -0.897. The predicted octanol–water partition coefficient (Wildman–Crippen LogP) is -0.985. The number of halogens is 3. The average molecular weight is 482 g/mol. The zero-order chi connectivity index (χ0) is 22.1. The quantitative estimate of drug-likeness (QED) is 0.362. The number of aromatic nitrogens is 2. The standard InChI is InChI=1S/C22H21ClFN3O4.ClH/c1-31-21(29)16-10-18-19(11-17(16)24)27(22(30)25-18)15-6-8-26(9-7-15)12-20(28)13-2-4-14(23)5-3-13;/h2-5,10-11,15H,6-9,12H2,1H3,(H,25,30);1H. The summed E-state index contributed by atoms with van der Waals surface area (Å²) in [4.78, 5) is 40.6. The fraction of sp³-hybridized carbons (Fsp3) is 0.318. The van der Waals surface area contributed by atoms with Crippen LogP contribution in [0.15, 0.2) is 41.2 Å². The molecule has 0 amide bonds. The van der Waals surface area contributed by atoms with E-state index in [0.717, 1.165) is 4.90 Å². The van der Waals surface area contributed by atoms with Crippen molar-refractivity contribution >= 4 is 34.4 Å². The summed E-state index contributed by atoms with van der Waals surface area (Å²) in [5.41, 5.74) is 0.870. The van der Waals surface area contributed by atoms with Crippen LogP contribution in [0.1, 0.15) is 39.6 Å². The maximum atomic E-state index is 14.4. The first-order chi connectivity index (χ1) is 14.9. The third-order valence-electron chi connectivity index (χ3n) is 5.81. The third kappa shape index (κ3) is 4.72. The minimum atomic E-state index is -0.796. The molecule has 0 aliphatic carbocycles. The Morgan fingerprint density at radius 3 is 2.50 bits per heavy atom. The normalized spacial score (nSPS) is 18.2. The molecule has 170 valence electrons. The monoisotopic (exact) mass is 481 g/mol. The number of Topliss-reactive ketones (excluding diaryl/α,β-unsaturated/α-hetero) is 1. The van der Waals surface area contributed by atoms with Crippen molar-refractivity contribution < 1.29 is 36.0 Å². The Morgan fingerprint density at radius 2 is 1.88 bits per heavy atom. The van der Waals surface area contributed by atoms with Crippen LogP contribution in [-0.2, 0) is 4.74 Å². The van der Waals surface area contributed by atoms with Crippen LogP contribution >= 0.6 is 11.6 Å². The van der Waals surface area contributed by atoms with Gasteiger partial charge in [0.25, 0.3) is 0 Å². The lowest BCUT2D eigenvalue weighted by Crippen LogP contribution is -3.13. The number of aromatic amines is 1. The molecule has 4 rings (SSSR count). The van der Waals surface area contributed by atoms with E-state index in [9.17, 15) is 18.8 Å². The van der Waals surface area contributed by atoms with Crippen molar-refractivity contribution in [3.63, 3.8) is 0 Å². The number of methoxy groups -OCH3 is 1. The van der Waals surface area contributed by atoms with Gasteiger partial charge in [0.05, 0.1) is 36.8 Å². The van der Waals surface area contributed by atoms with Crippen LogP contribution in [0.4, 0.5) is 4.39 Å². The number of H-pyrrole nitrogens is 1. The Kier molecular flexibility index (Phi) is 7.38. The van der Waals surface area contributed by atoms with Gasteiger partial charge in [-0.1, -0.05) is 11.6 Å². The SMILES string of the molecule is COC(=O)c1cc2[nH]c(=O)n(C3CC[NH+](CC(=O)c4ccc(Cl)cc4)CC3)c2cc1F.[Cl-]. The Balaban J connectivity index is 0.00000289. The van der Waals surface area contributed by atoms with E-state index in [1.807, 2.05) is 0 Å². The first-order valence-electron chi connectivity index (χ1n) is 10.0. The molecule has 3 aromatic rings. The molecule has 1 fully saturated rings. The van der Waals surface area contributed by atoms with Gasteiger partial charge in [0.15, 0.2) is 0 Å². The van der Waals surface area contributed by atoms with Crippen molar-refractivity contribution in [2.24, 2.45) is 0 Å². The predicted molar refractivity (Wildman–Crippen MR) is 113 cm³/mol. The zero-order valence-corrected chi connectivity index (χ0v) is 18.8. The number of imidazole rings is 1. The number of piperidine rings is 1. The molecule has 1 aromatic heterocycles. The second kappa shape index (κ2) is 9.85. The molecule has 10 heteroatoms. The van der Waals surface area contributed by atoms with Gasteiger partial charge in [0.2, 0.25) is 5.78 Å². The number of hydrogen-bond acceptors (Lipinski definition) is 4. The Bertz CT molecular complexity index is 1200. The molecule has 2 aromatic carbocycles. The number of fused-ring (bicyclic) bond motifs is 1. The van der Waals surface area contributed by atoms with Crippen LogP contribution in [0.25, 0.3) is 11.0 Å². The van der Waals surface area contributed by atoms with Crippen molar-refractivity contribution in [1.29, 1.82) is 0 Å². The third-order valence-corrected chi connectivity index (χ3v) is 6.07. The summed E-state index contributed by atoms with van der Waals surface area (Å²) >= 11 is 5.88. The summed E-state index contributed by atoms with van der Waals surface area (Å²) in [6.45, 7) is 1.80. The summed E-state index contributed by atoms with van der Waals surface area (Å²) in [7, 11) is 1.17. The lowest BCUT2D eigenvalue weighted by Gasteiger charge is -2.29. The Morgan fingerprint density at radius 1 is 1.22 bits per heavy atom. The summed E-state index contributed by atoms with van der Waals surface area (Å²) in [5.74, 6) is -1.48. The fourth-order valence-electron chi connectivity index (χ4n) is 4.19. The molecule has 7 nitrogen and oxygen atoms in total. The fourth-order valence-corrected chi connectivity index (χ4v) is 4.31. The highest BCUT2D eigenvalue weighted by Gasteiger charge is 2.28. The molecule has 32 heavy (non-hydrogen) atoms. The van der Waals surface area contributed by atoms with Crippen molar-refractivity contribution in [2.75, 3.05) is 26.7 Å². The number of nitrogens with one attached hydrogen (secondary N) is 2. The average Bonchev–Trinajstić information content (AvgIpc) is 3.08. The van der Waals surface area contributed by atoms with Gasteiger partial charge in [-0.3, -0.25) is 9.36 Å². The number of carbonyl (C=O) groups excluding carboxylic acids is 2. The van der Waals surface area contributed by atoms with Gasteiger partial charge in [-0.25, -0.2) is 14.0 Å². The second-order valence-corrected chi connectivity index (χ2v) is 8.17. The molecular weight excluding hydrogens is 460 g/mol. The first-order valence-corrected chi connectivity index (χ1v) is 10.4. The smallest absolute Gasteiger partial charge is 0.340 e. The van der Waals surface area contributed by atoms with Crippen LogP contribution in [0.2, 0.25) is 5.02 Å². The molecule has 0 atom stereocenters. The van der Waals surface area contributed by atoms with Gasteiger partial charge < -0.3 is 27.0 Å². The molecule has 0 radical (unpaired) electrons. The van der Waals surface area contributed by atoms with Gasteiger partial charge in [-0.2, -0.15) is 0 Å². The van der Waals surface area contributed by atoms with Crippen molar-refractivity contribution in [3.05, 3.63) is 68.8 Å². The molecule has 1 aliphatic heterocycles. The maximum absolute atomic E-state index is 14.4. The first kappa shape index (κ1) is 24.0. The lowest BCUT2D eigenvalue weighted by atomic mass is 10.0. The number of esters is 1. The maximum Gasteiger partial charge on any atom is 0.340 e. The van der Waals surface area contributed by atoms with Gasteiger partial charge >= 0.3 is 11.7 Å². The highest BCUT2D eigenvalue weighted by atomic mass is 35.5. The summed E-state index contributed by atoms with van der Waals surface area (Å²) in [6, 6.07) is 9.23. The van der Waals surface area contributed by atoms with Crippen molar-refractivity contribution in [2.45, 2.75) is 18.9 Å². The minimum Gasteiger partial charge on any atom is -1.00 e. The van der Waals surface area contributed by atoms with E-state index < -0.39 is 11.8 Å². The molecule has 0 bridgehead atoms. The van der Waals surface area contributed by atoms with Gasteiger partial charge in [0.1, 0.15) is 12.4 Å². The Hall–Kier alpha value is -2.68. The number of nitrogens with zero attached hydrogens (tertiary/aromatic N) is 1. The summed E-state index contributed by atoms with van der Waals surface area (Å²) in [6.07, 6.45) is 1.35. The Labute approximate surface area is 194 Å². The minimum absolute atomic E-state index is 0. The van der Waals surface area contributed by atoms with E-state index in [-0.39, 0.29) is 35.5 Å². The van der Waals surface area contributed by atoms with Gasteiger partial charge in [-0.05, 0) is 30.3 Å². The van der Waals surface area contributed by atoms with E-state index in [4.69, 9.17) is 11.6 Å². The molecule has 0 saturated carbocycles. The second-order valence-electron chi connectivity index (χ2n) is 7.73. The number of ketones is 1. The summed E-state index contributed by atoms with van der Waals surface area (Å²) < 4.78 is 20.6. The van der Waals surface area contributed by atoms with Gasteiger partial charge in [-0.15, -0.1) is 0 Å². The van der Waals surface area contributed by atoms with Crippen LogP contribution in [-0.4, -0.2) is 48.0 Å². The number of hydrogen-bond donors (Lipinski definition) is 2. The van der Waals surface area contributed by atoms with Crippen molar-refractivity contribution in [3.8, 4) is 0 Å². The number of benzene rings is 2. The van der Waals surface area contributed by atoms with Crippen LogP contribution in [0, 0.1) is 5.82 Å². The highest BCUT2D eigenvalue weighted by Crippen LogP contribution is 2.24. The zero-order valence-electron chi connectivity index (χ0n) is 17.3. The topological polar surface area (TPSA) is 85.6 Å². The molecule has 2 heterocycles. The van der Waals surface area contributed by atoms with Crippen molar-refractivity contribution in [1.82, 2.24) is 9.55 Å². The molecule has 0 spiro atoms. The van der Waals surface area contributed by atoms with E-state index >= 15 is 0 Å². The molecule has 1 saturated heterocycles. The molecule has 0 unspecified atom stereocenters. The van der Waals surface area contributed by atoms with Gasteiger partial charge in [0, 0.05) is 35.5 Å². The molecule has 2 N–H and O–H groups in total. The highest BCUT2D eigenvalue weighted by molar-refractivity contribution is 6.30. The van der Waals surface area contributed by atoms with E-state index in [2.05, 4.69) is 9.72 Å². The van der Waals surface area contributed by atoms with Crippen LogP contribution < -0.4 is 23.0 Å². The van der Waals surface area contributed by atoms with E-state index in [1.54, 1.807) is 28.8 Å². The largest absolute Gasteiger partial charge is 1.00 e. The molecular formula is C22H22Cl2FN3O4. The molecule has 1 aliphatic rings. The number of ether oxygens (including phenoxy) is 1. The summed E-state index contributed by atoms with van der Waals surface area (Å²) in [5, 5.41) is 0.587. The number of likely N-dealkylation sites (tertiary alicyclic amines) is 1. The number of quaternary nitrogens is 1. The number of rotatable bonds is 5. The van der Waals surface area contributed by atoms with Crippen LogP contribution in [0.3, 0.4) is 0 Å². The number of carbonyl (C=O) groups is 2. The van der Waals surface area contributed by atoms with E-state index in [0.29, 0.717) is 54.1 Å². The van der Waals surface area contributed by atoms with Crippen LogP contribution in [0.5, 0.6) is 0 Å².